The zero-order valence-electron chi connectivity index (χ0n) is 16.9. The zero-order valence-corrected chi connectivity index (χ0v) is 19.3. The van der Waals surface area contributed by atoms with Crippen molar-refractivity contribution >= 4 is 7.05 Å². The van der Waals surface area contributed by atoms with Crippen LogP contribution in [0.15, 0.2) is 52.5 Å². The van der Waals surface area contributed by atoms with E-state index in [1.807, 2.05) is 13.8 Å². The van der Waals surface area contributed by atoms with Gasteiger partial charge >= 0.3 is 0 Å². The third kappa shape index (κ3) is 10.7. The van der Waals surface area contributed by atoms with Gasteiger partial charge in [0.05, 0.1) is 0 Å². The molecule has 0 N–H and O–H groups in total. The molecule has 0 amide bonds. The topological polar surface area (TPSA) is 12.4 Å². The van der Waals surface area contributed by atoms with Gasteiger partial charge in [0.25, 0.3) is 0 Å². The van der Waals surface area contributed by atoms with Crippen LogP contribution in [0.1, 0.15) is 67.2 Å². The van der Waals surface area contributed by atoms with Crippen molar-refractivity contribution in [2.45, 2.75) is 67.2 Å². The normalized spacial score (nSPS) is 13.6. The molecular weight excluding hydrogens is 345 g/mol. The van der Waals surface area contributed by atoms with Crippen molar-refractivity contribution in [3.05, 3.63) is 47.7 Å². The Bertz CT molecular complexity index is 474. The molecule has 0 saturated heterocycles. The number of rotatable bonds is 8. The maximum absolute atomic E-state index is 5.19. The third-order valence-corrected chi connectivity index (χ3v) is 8.64. The van der Waals surface area contributed by atoms with Gasteiger partial charge in [0, 0.05) is 33.8 Å². The summed E-state index contributed by atoms with van der Waals surface area (Å²) in [5, 5.41) is 0. The molecule has 0 fully saturated rings. The Kier molecular flexibility index (Phi) is 16.5. The average Bonchev–Trinajstić information content (AvgIpc) is 3.00. The second-order valence-electron chi connectivity index (χ2n) is 6.41. The summed E-state index contributed by atoms with van der Waals surface area (Å²) in [4.78, 5) is 0. The van der Waals surface area contributed by atoms with Gasteiger partial charge in [-0.15, -0.1) is 0 Å². The van der Waals surface area contributed by atoms with E-state index in [4.69, 9.17) is 4.74 Å². The van der Waals surface area contributed by atoms with Gasteiger partial charge in [-0.3, -0.25) is 4.74 Å². The summed E-state index contributed by atoms with van der Waals surface area (Å²) in [6.07, 6.45) is 17.6. The summed E-state index contributed by atoms with van der Waals surface area (Å²) in [6, 6.07) is 0. The predicted octanol–water partition coefficient (Wildman–Crippen LogP) is 7.79. The molecule has 0 heterocycles. The maximum Gasteiger partial charge on any atom is 0.0425 e. The molecule has 136 valence electrons. The smallest absolute Gasteiger partial charge is 0.0425 e. The molecule has 0 atom stereocenters. The van der Waals surface area contributed by atoms with Crippen LogP contribution < -0.4 is 0 Å². The summed E-state index contributed by atoms with van der Waals surface area (Å²) >= 11 is 0. The molecule has 1 aliphatic carbocycles. The molecular formula is C21H38NPTi. The van der Waals surface area contributed by atoms with E-state index >= 15 is 0 Å². The second-order valence-corrected chi connectivity index (χ2v) is 10.1. The molecule has 0 aromatic heterocycles. The van der Waals surface area contributed by atoms with Crippen molar-refractivity contribution in [3.63, 3.8) is 0 Å². The van der Waals surface area contributed by atoms with Crippen LogP contribution in [0.5, 0.6) is 0 Å². The van der Waals surface area contributed by atoms with E-state index < -0.39 is 7.05 Å². The number of hydrogen-bond donors (Lipinski definition) is 0. The van der Waals surface area contributed by atoms with Crippen LogP contribution in [0.4, 0.5) is 0 Å². The van der Waals surface area contributed by atoms with E-state index in [2.05, 4.69) is 58.6 Å². The minimum absolute atomic E-state index is 0. The average molecular weight is 383 g/mol. The summed E-state index contributed by atoms with van der Waals surface area (Å²) < 4.78 is 5.19. The van der Waals surface area contributed by atoms with Gasteiger partial charge in [0.15, 0.2) is 0 Å². The fraction of sp³-hybridized carbons (Fsp3) is 0.619. The first-order chi connectivity index (χ1) is 10.9. The Labute approximate surface area is 166 Å². The largest absolute Gasteiger partial charge is 0.272 e. The second kappa shape index (κ2) is 15.2. The summed E-state index contributed by atoms with van der Waals surface area (Å²) in [6.45, 7) is 16.7. The first-order valence-electron chi connectivity index (χ1n) is 9.18. The van der Waals surface area contributed by atoms with Gasteiger partial charge in [-0.1, -0.05) is 76.0 Å². The number of hydrogen-bond acceptors (Lipinski definition) is 1. The summed E-state index contributed by atoms with van der Waals surface area (Å²) in [7, 11) is -1.03. The van der Waals surface area contributed by atoms with E-state index in [9.17, 15) is 0 Å². The standard InChI is InChI=1S/C14H26NP.C7H12.Ti/c1-4-11-16(12-5-2,13-6-3)15-14-9-7-8-10-14;1-5-7(4)6(2)3;/h7-9H,4-6,10-13H2,1-3H3;5H,2H2,1,3-4H3;. The fourth-order valence-electron chi connectivity index (χ4n) is 2.76. The van der Waals surface area contributed by atoms with Crippen LogP contribution >= 0.6 is 7.05 Å². The van der Waals surface area contributed by atoms with E-state index in [0.717, 1.165) is 12.0 Å². The van der Waals surface area contributed by atoms with Crippen LogP contribution in [0.25, 0.3) is 0 Å². The van der Waals surface area contributed by atoms with Crippen LogP contribution in [0.2, 0.25) is 0 Å². The minimum atomic E-state index is -1.03. The van der Waals surface area contributed by atoms with Crippen LogP contribution in [0.3, 0.4) is 0 Å². The first kappa shape index (κ1) is 26.1. The Hall–Kier alpha value is -0.0957. The van der Waals surface area contributed by atoms with Crippen LogP contribution in [0, 0.1) is 0 Å². The van der Waals surface area contributed by atoms with Crippen molar-refractivity contribution in [3.8, 4) is 0 Å². The maximum atomic E-state index is 5.19. The molecule has 0 aromatic carbocycles. The van der Waals surface area contributed by atoms with Crippen LogP contribution in [-0.4, -0.2) is 18.5 Å². The van der Waals surface area contributed by atoms with E-state index in [1.54, 1.807) is 0 Å². The fourth-order valence-corrected chi connectivity index (χ4v) is 6.92. The molecule has 0 aromatic rings. The molecule has 3 heteroatoms. The van der Waals surface area contributed by atoms with Gasteiger partial charge < -0.3 is 0 Å². The van der Waals surface area contributed by atoms with E-state index in [-0.39, 0.29) is 21.7 Å². The van der Waals surface area contributed by atoms with Crippen molar-refractivity contribution < 1.29 is 21.7 Å². The van der Waals surface area contributed by atoms with Crippen molar-refractivity contribution in [2.75, 3.05) is 18.5 Å². The van der Waals surface area contributed by atoms with Crippen molar-refractivity contribution in [1.29, 1.82) is 0 Å². The van der Waals surface area contributed by atoms with Crippen LogP contribution in [-0.2, 0) is 21.7 Å². The van der Waals surface area contributed by atoms with Crippen molar-refractivity contribution in [2.24, 2.45) is 4.74 Å². The minimum Gasteiger partial charge on any atom is -0.272 e. The molecule has 0 spiro atoms. The Balaban J connectivity index is 0. The Morgan fingerprint density at radius 2 is 1.62 bits per heavy atom. The van der Waals surface area contributed by atoms with Gasteiger partial charge in [0.2, 0.25) is 0 Å². The first-order valence-corrected chi connectivity index (χ1v) is 11.5. The van der Waals surface area contributed by atoms with Gasteiger partial charge in [0.1, 0.15) is 0 Å². The van der Waals surface area contributed by atoms with Gasteiger partial charge in [-0.25, -0.2) is 0 Å². The number of allylic oxidation sites excluding steroid dienone is 6. The number of nitrogens with zero attached hydrogens (tertiary/aromatic N) is 1. The molecule has 0 unspecified atom stereocenters. The third-order valence-electron chi connectivity index (χ3n) is 4.12. The summed E-state index contributed by atoms with van der Waals surface area (Å²) in [5.74, 6) is 0. The summed E-state index contributed by atoms with van der Waals surface area (Å²) in [5.41, 5.74) is 3.77. The Morgan fingerprint density at radius 1 is 1.12 bits per heavy atom. The molecule has 1 aliphatic rings. The molecule has 0 bridgehead atoms. The molecule has 24 heavy (non-hydrogen) atoms. The molecule has 0 saturated carbocycles. The molecule has 0 aliphatic heterocycles. The monoisotopic (exact) mass is 383 g/mol. The Morgan fingerprint density at radius 3 is 1.88 bits per heavy atom. The van der Waals surface area contributed by atoms with Crippen molar-refractivity contribution in [1.82, 2.24) is 0 Å². The SMILES string of the molecule is C=C(C)C(C)=CC.CCCP(CCC)(CCC)=NC1=CC=CC1.[Ti]. The predicted molar refractivity (Wildman–Crippen MR) is 111 cm³/mol. The van der Waals surface area contributed by atoms with Gasteiger partial charge in [-0.05, 0) is 52.4 Å². The quantitative estimate of drug-likeness (QED) is 0.230. The van der Waals surface area contributed by atoms with E-state index in [1.165, 1.54) is 49.0 Å². The molecule has 0 radical (unpaired) electrons. The zero-order chi connectivity index (χ0) is 17.7. The van der Waals surface area contributed by atoms with Gasteiger partial charge in [-0.2, -0.15) is 0 Å². The molecule has 1 nitrogen and oxygen atoms in total. The van der Waals surface area contributed by atoms with E-state index in [0.29, 0.717) is 0 Å². The molecule has 1 rings (SSSR count).